The molecule has 0 radical (unpaired) electrons. The summed E-state index contributed by atoms with van der Waals surface area (Å²) >= 11 is 1.56. The molecule has 0 unspecified atom stereocenters. The van der Waals surface area contributed by atoms with Gasteiger partial charge in [0.25, 0.3) is 0 Å². The normalized spacial score (nSPS) is 11.0. The van der Waals surface area contributed by atoms with Crippen LogP contribution in [0.5, 0.6) is 5.75 Å². The van der Waals surface area contributed by atoms with Gasteiger partial charge in [-0.2, -0.15) is 0 Å². The van der Waals surface area contributed by atoms with Crippen molar-refractivity contribution >= 4 is 21.6 Å². The highest BCUT2D eigenvalue weighted by atomic mass is 32.1. The van der Waals surface area contributed by atoms with Crippen molar-refractivity contribution in [3.8, 4) is 5.75 Å². The molecule has 0 aliphatic carbocycles. The second-order valence-corrected chi connectivity index (χ2v) is 6.14. The Kier molecular flexibility index (Phi) is 4.24. The van der Waals surface area contributed by atoms with E-state index in [-0.39, 0.29) is 5.63 Å². The molecule has 5 heteroatoms. The Bertz CT molecular complexity index is 833. The van der Waals surface area contributed by atoms with Crippen molar-refractivity contribution < 1.29 is 9.15 Å². The number of methoxy groups -OCH3 is 1. The van der Waals surface area contributed by atoms with Crippen molar-refractivity contribution in [1.29, 1.82) is 0 Å². The Balaban J connectivity index is 1.79. The van der Waals surface area contributed by atoms with Crippen LogP contribution in [0.3, 0.4) is 0 Å². The van der Waals surface area contributed by atoms with Gasteiger partial charge in [0, 0.05) is 11.3 Å². The van der Waals surface area contributed by atoms with E-state index in [1.165, 1.54) is 0 Å². The van der Waals surface area contributed by atoms with E-state index in [2.05, 4.69) is 11.9 Å². The number of aryl methyl sites for hydroxylation is 3. The van der Waals surface area contributed by atoms with Gasteiger partial charge in [-0.3, -0.25) is 0 Å². The Morgan fingerprint density at radius 3 is 2.68 bits per heavy atom. The van der Waals surface area contributed by atoms with Crippen LogP contribution in [0.4, 0.5) is 0 Å². The van der Waals surface area contributed by atoms with Crippen LogP contribution >= 0.6 is 11.3 Å². The number of thiophene rings is 1. The smallest absolute Gasteiger partial charge is 0.347 e. The average molecular weight is 315 g/mol. The van der Waals surface area contributed by atoms with Crippen LogP contribution in [0.15, 0.2) is 39.5 Å². The van der Waals surface area contributed by atoms with E-state index in [0.717, 1.165) is 33.9 Å². The third kappa shape index (κ3) is 3.04. The summed E-state index contributed by atoms with van der Waals surface area (Å²) in [6, 6.07) is 9.75. The van der Waals surface area contributed by atoms with Gasteiger partial charge < -0.3 is 9.15 Å². The number of nitrogens with zero attached hydrogens (tertiary/aromatic N) is 1. The number of aromatic nitrogens is 1. The van der Waals surface area contributed by atoms with Gasteiger partial charge in [-0.05, 0) is 36.6 Å². The monoisotopic (exact) mass is 315 g/mol. The van der Waals surface area contributed by atoms with Gasteiger partial charge in [-0.25, -0.2) is 9.78 Å². The summed E-state index contributed by atoms with van der Waals surface area (Å²) < 4.78 is 10.5. The molecule has 0 amide bonds. The fourth-order valence-corrected chi connectivity index (χ4v) is 3.25. The minimum atomic E-state index is -0.286. The topological polar surface area (TPSA) is 52.3 Å². The predicted octanol–water partition coefficient (Wildman–Crippen LogP) is 3.61. The lowest BCUT2D eigenvalue weighted by atomic mass is 10.1. The van der Waals surface area contributed by atoms with Gasteiger partial charge in [0.2, 0.25) is 0 Å². The first-order chi connectivity index (χ1) is 10.7. The Morgan fingerprint density at radius 1 is 1.23 bits per heavy atom. The SMILES string of the molecule is CCc1cc2c(=O)oc(CCc3ccc(OC)cc3)nc2s1. The minimum Gasteiger partial charge on any atom is -0.497 e. The van der Waals surface area contributed by atoms with Crippen LogP contribution in [-0.2, 0) is 19.3 Å². The molecule has 0 aliphatic heterocycles. The predicted molar refractivity (Wildman–Crippen MR) is 87.9 cm³/mol. The van der Waals surface area contributed by atoms with Gasteiger partial charge in [0.15, 0.2) is 5.89 Å². The van der Waals surface area contributed by atoms with Crippen molar-refractivity contribution in [1.82, 2.24) is 4.98 Å². The van der Waals surface area contributed by atoms with Crippen LogP contribution in [0.2, 0.25) is 0 Å². The Labute approximate surface area is 132 Å². The molecule has 0 bridgehead atoms. The summed E-state index contributed by atoms with van der Waals surface area (Å²) in [5, 5.41) is 0.593. The lowest BCUT2D eigenvalue weighted by Gasteiger charge is -2.03. The van der Waals surface area contributed by atoms with E-state index in [0.29, 0.717) is 17.7 Å². The van der Waals surface area contributed by atoms with E-state index in [1.54, 1.807) is 18.4 Å². The quantitative estimate of drug-likeness (QED) is 0.722. The summed E-state index contributed by atoms with van der Waals surface area (Å²) in [5.74, 6) is 1.33. The van der Waals surface area contributed by atoms with Gasteiger partial charge in [-0.15, -0.1) is 11.3 Å². The highest BCUT2D eigenvalue weighted by Crippen LogP contribution is 2.22. The van der Waals surface area contributed by atoms with Crippen molar-refractivity contribution in [3.63, 3.8) is 0 Å². The zero-order valence-corrected chi connectivity index (χ0v) is 13.4. The standard InChI is InChI=1S/C17H17NO3S/c1-3-13-10-14-16(22-13)18-15(21-17(14)19)9-6-11-4-7-12(20-2)8-5-11/h4-5,7-8,10H,3,6,9H2,1-2H3. The highest BCUT2D eigenvalue weighted by molar-refractivity contribution is 7.18. The van der Waals surface area contributed by atoms with Crippen molar-refractivity contribution in [3.05, 3.63) is 57.1 Å². The number of hydrogen-bond acceptors (Lipinski definition) is 5. The molecule has 2 heterocycles. The molecule has 0 N–H and O–H groups in total. The second-order valence-electron chi connectivity index (χ2n) is 5.03. The van der Waals surface area contributed by atoms with Crippen molar-refractivity contribution in [2.45, 2.75) is 26.2 Å². The minimum absolute atomic E-state index is 0.286. The molecule has 0 aliphatic rings. The van der Waals surface area contributed by atoms with Gasteiger partial charge >= 0.3 is 5.63 Å². The summed E-state index contributed by atoms with van der Waals surface area (Å²) in [4.78, 5) is 18.4. The number of rotatable bonds is 5. The Morgan fingerprint density at radius 2 is 2.00 bits per heavy atom. The number of ether oxygens (including phenoxy) is 1. The van der Waals surface area contributed by atoms with E-state index in [9.17, 15) is 4.79 Å². The summed E-state index contributed by atoms with van der Waals surface area (Å²) in [6.45, 7) is 2.07. The van der Waals surface area contributed by atoms with Crippen molar-refractivity contribution in [2.24, 2.45) is 0 Å². The maximum Gasteiger partial charge on any atom is 0.347 e. The molecular weight excluding hydrogens is 298 g/mol. The molecule has 2 aromatic heterocycles. The molecule has 3 rings (SSSR count). The maximum atomic E-state index is 12.0. The molecule has 0 saturated heterocycles. The maximum absolute atomic E-state index is 12.0. The molecular formula is C17H17NO3S. The molecule has 0 atom stereocenters. The van der Waals surface area contributed by atoms with Gasteiger partial charge in [0.1, 0.15) is 10.6 Å². The molecule has 0 saturated carbocycles. The highest BCUT2D eigenvalue weighted by Gasteiger charge is 2.10. The van der Waals surface area contributed by atoms with Crippen molar-refractivity contribution in [2.75, 3.05) is 7.11 Å². The number of hydrogen-bond donors (Lipinski definition) is 0. The van der Waals surface area contributed by atoms with Crippen LogP contribution in [0.1, 0.15) is 23.3 Å². The lowest BCUT2D eigenvalue weighted by Crippen LogP contribution is -2.04. The van der Waals surface area contributed by atoms with E-state index in [4.69, 9.17) is 9.15 Å². The lowest BCUT2D eigenvalue weighted by molar-refractivity contribution is 0.414. The van der Waals surface area contributed by atoms with Crippen LogP contribution in [0, 0.1) is 0 Å². The summed E-state index contributed by atoms with van der Waals surface area (Å²) in [7, 11) is 1.65. The van der Waals surface area contributed by atoms with E-state index in [1.807, 2.05) is 30.3 Å². The summed E-state index contributed by atoms with van der Waals surface area (Å²) in [5.41, 5.74) is 0.872. The molecule has 3 aromatic rings. The third-order valence-electron chi connectivity index (χ3n) is 3.56. The van der Waals surface area contributed by atoms with Gasteiger partial charge in [-0.1, -0.05) is 19.1 Å². The average Bonchev–Trinajstić information content (AvgIpc) is 2.97. The van der Waals surface area contributed by atoms with Crippen LogP contribution in [0.25, 0.3) is 10.2 Å². The first kappa shape index (κ1) is 14.8. The fourth-order valence-electron chi connectivity index (χ4n) is 2.28. The molecule has 0 spiro atoms. The summed E-state index contributed by atoms with van der Waals surface area (Å²) in [6.07, 6.45) is 2.29. The first-order valence-electron chi connectivity index (χ1n) is 7.25. The number of benzene rings is 1. The second kappa shape index (κ2) is 6.32. The van der Waals surface area contributed by atoms with E-state index < -0.39 is 0 Å². The zero-order chi connectivity index (χ0) is 15.5. The van der Waals surface area contributed by atoms with Crippen LogP contribution < -0.4 is 10.4 Å². The largest absolute Gasteiger partial charge is 0.497 e. The number of fused-ring (bicyclic) bond motifs is 1. The Hall–Kier alpha value is -2.14. The van der Waals surface area contributed by atoms with Gasteiger partial charge in [0.05, 0.1) is 12.5 Å². The van der Waals surface area contributed by atoms with E-state index >= 15 is 0 Å². The fraction of sp³-hybridized carbons (Fsp3) is 0.294. The molecule has 0 fully saturated rings. The molecule has 1 aromatic carbocycles. The molecule has 114 valence electrons. The third-order valence-corrected chi connectivity index (χ3v) is 4.73. The molecule has 4 nitrogen and oxygen atoms in total. The molecule has 22 heavy (non-hydrogen) atoms. The zero-order valence-electron chi connectivity index (χ0n) is 12.6. The first-order valence-corrected chi connectivity index (χ1v) is 8.06. The van der Waals surface area contributed by atoms with Crippen LogP contribution in [-0.4, -0.2) is 12.1 Å².